The van der Waals surface area contributed by atoms with E-state index in [1.54, 1.807) is 25.2 Å². The molecule has 2 rings (SSSR count). The molecular weight excluding hydrogens is 274 g/mol. The maximum atomic E-state index is 11.7. The average molecular weight is 288 g/mol. The molecule has 0 aromatic heterocycles. The maximum absolute atomic E-state index is 11.7. The molecular formula is C16H14ClNO2. The molecule has 0 heterocycles. The van der Waals surface area contributed by atoms with Gasteiger partial charge in [-0.2, -0.15) is 0 Å². The van der Waals surface area contributed by atoms with Crippen molar-refractivity contribution in [2.75, 3.05) is 7.05 Å². The van der Waals surface area contributed by atoms with E-state index in [0.29, 0.717) is 21.9 Å². The molecule has 102 valence electrons. The molecule has 1 N–H and O–H groups in total. The van der Waals surface area contributed by atoms with Gasteiger partial charge in [-0.15, -0.1) is 0 Å². The lowest BCUT2D eigenvalue weighted by atomic mass is 9.95. The van der Waals surface area contributed by atoms with Crippen LogP contribution in [-0.2, 0) is 0 Å². The van der Waals surface area contributed by atoms with Crippen LogP contribution in [0.1, 0.15) is 28.4 Å². The number of aromatic hydroxyl groups is 1. The second-order valence-corrected chi connectivity index (χ2v) is 4.75. The van der Waals surface area contributed by atoms with E-state index >= 15 is 0 Å². The quantitative estimate of drug-likeness (QED) is 0.691. The van der Waals surface area contributed by atoms with Gasteiger partial charge in [0.2, 0.25) is 0 Å². The number of carbonyl (C=O) groups excluding carboxylic acids is 1. The van der Waals surface area contributed by atoms with Gasteiger partial charge in [0.15, 0.2) is 5.78 Å². The Labute approximate surface area is 122 Å². The second kappa shape index (κ2) is 5.88. The van der Waals surface area contributed by atoms with Crippen LogP contribution < -0.4 is 0 Å². The summed E-state index contributed by atoms with van der Waals surface area (Å²) in [5.74, 6) is 0.0608. The lowest BCUT2D eigenvalue weighted by Crippen LogP contribution is -2.10. The minimum absolute atomic E-state index is 0.0309. The third-order valence-electron chi connectivity index (χ3n) is 2.99. The number of carbonyl (C=O) groups is 1. The van der Waals surface area contributed by atoms with Gasteiger partial charge >= 0.3 is 0 Å². The van der Waals surface area contributed by atoms with Gasteiger partial charge in [-0.1, -0.05) is 35.9 Å². The number of benzene rings is 2. The third-order valence-corrected chi connectivity index (χ3v) is 3.31. The first-order chi connectivity index (χ1) is 9.54. The highest BCUT2D eigenvalue weighted by molar-refractivity contribution is 6.36. The van der Waals surface area contributed by atoms with Crippen LogP contribution in [0.15, 0.2) is 47.5 Å². The Morgan fingerprint density at radius 3 is 2.30 bits per heavy atom. The van der Waals surface area contributed by atoms with E-state index < -0.39 is 0 Å². The molecule has 0 bridgehead atoms. The monoisotopic (exact) mass is 287 g/mol. The fourth-order valence-electron chi connectivity index (χ4n) is 2.08. The number of ketones is 1. The molecule has 0 spiro atoms. The van der Waals surface area contributed by atoms with Crippen LogP contribution in [-0.4, -0.2) is 23.6 Å². The van der Waals surface area contributed by atoms with E-state index in [1.165, 1.54) is 13.0 Å². The molecule has 0 saturated heterocycles. The molecule has 0 saturated carbocycles. The first kappa shape index (κ1) is 14.3. The molecule has 0 amide bonds. The van der Waals surface area contributed by atoms with Crippen LogP contribution in [0.25, 0.3) is 0 Å². The Morgan fingerprint density at radius 2 is 1.75 bits per heavy atom. The van der Waals surface area contributed by atoms with E-state index in [4.69, 9.17) is 11.6 Å². The van der Waals surface area contributed by atoms with Gasteiger partial charge in [0.25, 0.3) is 0 Å². The van der Waals surface area contributed by atoms with E-state index in [0.717, 1.165) is 5.56 Å². The van der Waals surface area contributed by atoms with Crippen molar-refractivity contribution in [1.29, 1.82) is 0 Å². The molecule has 0 aliphatic carbocycles. The highest BCUT2D eigenvalue weighted by Gasteiger charge is 2.16. The predicted octanol–water partition coefficient (Wildman–Crippen LogP) is 3.72. The first-order valence-corrected chi connectivity index (χ1v) is 6.48. The molecule has 2 aromatic rings. The molecule has 0 aliphatic heterocycles. The topological polar surface area (TPSA) is 49.7 Å². The van der Waals surface area contributed by atoms with E-state index in [9.17, 15) is 9.90 Å². The normalized spacial score (nSPS) is 11.4. The summed E-state index contributed by atoms with van der Waals surface area (Å²) in [6, 6.07) is 11.9. The number of hydrogen-bond acceptors (Lipinski definition) is 3. The molecule has 20 heavy (non-hydrogen) atoms. The van der Waals surface area contributed by atoms with Crippen molar-refractivity contribution >= 4 is 23.1 Å². The number of phenols is 1. The van der Waals surface area contributed by atoms with Crippen LogP contribution in [0.5, 0.6) is 5.75 Å². The third kappa shape index (κ3) is 2.73. The summed E-state index contributed by atoms with van der Waals surface area (Å²) >= 11 is 6.16. The number of hydrogen-bond donors (Lipinski definition) is 1. The van der Waals surface area contributed by atoms with Crippen molar-refractivity contribution in [2.45, 2.75) is 6.92 Å². The summed E-state index contributed by atoms with van der Waals surface area (Å²) in [6.45, 7) is 1.52. The van der Waals surface area contributed by atoms with Crippen LogP contribution in [0.4, 0.5) is 0 Å². The number of nitrogens with zero attached hydrogens (tertiary/aromatic N) is 1. The lowest BCUT2D eigenvalue weighted by molar-refractivity contribution is 0.101. The SMILES string of the molecule is CN=C(c1ccc(O)cc1Cl)c1ccccc1C(C)=O. The maximum Gasteiger partial charge on any atom is 0.160 e. The predicted molar refractivity (Wildman–Crippen MR) is 81.1 cm³/mol. The van der Waals surface area contributed by atoms with Crippen LogP contribution in [0, 0.1) is 0 Å². The van der Waals surface area contributed by atoms with E-state index in [-0.39, 0.29) is 11.5 Å². The van der Waals surface area contributed by atoms with Crippen molar-refractivity contribution in [3.63, 3.8) is 0 Å². The largest absolute Gasteiger partial charge is 0.508 e. The molecule has 0 atom stereocenters. The minimum atomic E-state index is -0.0309. The number of rotatable bonds is 3. The fourth-order valence-corrected chi connectivity index (χ4v) is 2.34. The summed E-state index contributed by atoms with van der Waals surface area (Å²) in [4.78, 5) is 16.0. The zero-order chi connectivity index (χ0) is 14.7. The van der Waals surface area contributed by atoms with E-state index in [1.807, 2.05) is 18.2 Å². The first-order valence-electron chi connectivity index (χ1n) is 6.10. The van der Waals surface area contributed by atoms with Crippen molar-refractivity contribution in [3.05, 3.63) is 64.2 Å². The van der Waals surface area contributed by atoms with Gasteiger partial charge in [-0.05, 0) is 25.1 Å². The number of aliphatic imine (C=N–C) groups is 1. The van der Waals surface area contributed by atoms with Crippen molar-refractivity contribution in [2.24, 2.45) is 4.99 Å². The summed E-state index contributed by atoms with van der Waals surface area (Å²) in [6.07, 6.45) is 0. The van der Waals surface area contributed by atoms with Gasteiger partial charge < -0.3 is 5.11 Å². The van der Waals surface area contributed by atoms with Crippen molar-refractivity contribution < 1.29 is 9.90 Å². The second-order valence-electron chi connectivity index (χ2n) is 4.34. The molecule has 0 radical (unpaired) electrons. The molecule has 0 aliphatic rings. The summed E-state index contributed by atoms with van der Waals surface area (Å²) in [5.41, 5.74) is 2.63. The Bertz CT molecular complexity index is 693. The Hall–Kier alpha value is -2.13. The Balaban J connectivity index is 2.63. The molecule has 4 heteroatoms. The highest BCUT2D eigenvalue weighted by atomic mass is 35.5. The highest BCUT2D eigenvalue weighted by Crippen LogP contribution is 2.25. The number of halogens is 1. The van der Waals surface area contributed by atoms with Crippen LogP contribution in [0.2, 0.25) is 5.02 Å². The Morgan fingerprint density at radius 1 is 1.10 bits per heavy atom. The van der Waals surface area contributed by atoms with Crippen molar-refractivity contribution in [3.8, 4) is 5.75 Å². The van der Waals surface area contributed by atoms with E-state index in [2.05, 4.69) is 4.99 Å². The molecule has 3 nitrogen and oxygen atoms in total. The van der Waals surface area contributed by atoms with Gasteiger partial charge in [0.05, 0.1) is 10.7 Å². The minimum Gasteiger partial charge on any atom is -0.508 e. The van der Waals surface area contributed by atoms with Gasteiger partial charge in [-0.25, -0.2) is 0 Å². The number of phenolic OH excluding ortho intramolecular Hbond substituents is 1. The molecule has 0 unspecified atom stereocenters. The molecule has 2 aromatic carbocycles. The zero-order valence-electron chi connectivity index (χ0n) is 11.2. The fraction of sp³-hybridized carbons (Fsp3) is 0.125. The number of Topliss-reactive ketones (excluding diaryl/α,β-unsaturated/α-hetero) is 1. The summed E-state index contributed by atoms with van der Waals surface area (Å²) in [7, 11) is 1.65. The zero-order valence-corrected chi connectivity index (χ0v) is 12.0. The van der Waals surface area contributed by atoms with Gasteiger partial charge in [0.1, 0.15) is 5.75 Å². The van der Waals surface area contributed by atoms with Gasteiger partial charge in [-0.3, -0.25) is 9.79 Å². The summed E-state index contributed by atoms with van der Waals surface area (Å²) < 4.78 is 0. The smallest absolute Gasteiger partial charge is 0.160 e. The van der Waals surface area contributed by atoms with Crippen LogP contribution >= 0.6 is 11.6 Å². The Kier molecular flexibility index (Phi) is 4.20. The molecule has 0 fully saturated rings. The van der Waals surface area contributed by atoms with Crippen molar-refractivity contribution in [1.82, 2.24) is 0 Å². The standard InChI is InChI=1S/C16H14ClNO2/c1-10(19)12-5-3-4-6-13(12)16(18-2)14-8-7-11(20)9-15(14)17/h3-9,20H,1-2H3. The van der Waals surface area contributed by atoms with Gasteiger partial charge in [0, 0.05) is 23.7 Å². The summed E-state index contributed by atoms with van der Waals surface area (Å²) in [5, 5.41) is 9.82. The lowest BCUT2D eigenvalue weighted by Gasteiger charge is -2.12. The van der Waals surface area contributed by atoms with Crippen LogP contribution in [0.3, 0.4) is 0 Å². The average Bonchev–Trinajstić information content (AvgIpc) is 2.42.